The zero-order chi connectivity index (χ0) is 11.8. The summed E-state index contributed by atoms with van der Waals surface area (Å²) in [4.78, 5) is 0. The molecule has 17 heavy (non-hydrogen) atoms. The van der Waals surface area contributed by atoms with E-state index in [4.69, 9.17) is 0 Å². The van der Waals surface area contributed by atoms with Gasteiger partial charge in [-0.2, -0.15) is 0 Å². The molecule has 0 atom stereocenters. The number of nitrogens with one attached hydrogen (secondary N) is 2. The van der Waals surface area contributed by atoms with Crippen molar-refractivity contribution in [3.63, 3.8) is 0 Å². The van der Waals surface area contributed by atoms with Crippen LogP contribution in [0.4, 0.5) is 11.4 Å². The first-order valence-electron chi connectivity index (χ1n) is 6.26. The Hall–Kier alpha value is -1.20. The Labute approximate surface area is 101 Å². The molecule has 1 aromatic rings. The molecule has 0 unspecified atom stereocenters. The number of anilines is 2. The van der Waals surface area contributed by atoms with E-state index in [9.17, 15) is 10.0 Å². The molecule has 90 valence electrons. The van der Waals surface area contributed by atoms with Crippen LogP contribution < -0.4 is 16.1 Å². The summed E-state index contributed by atoms with van der Waals surface area (Å²) >= 11 is 0. The van der Waals surface area contributed by atoms with Gasteiger partial charge in [-0.15, -0.1) is 0 Å². The van der Waals surface area contributed by atoms with Gasteiger partial charge in [-0.25, -0.2) is 0 Å². The Morgan fingerprint density at radius 1 is 0.941 bits per heavy atom. The molecule has 0 heterocycles. The topological polar surface area (TPSA) is 64.5 Å². The highest BCUT2D eigenvalue weighted by molar-refractivity contribution is 6.62. The van der Waals surface area contributed by atoms with Crippen LogP contribution in [-0.2, 0) is 0 Å². The minimum absolute atomic E-state index is 0.503. The van der Waals surface area contributed by atoms with Crippen molar-refractivity contribution in [2.45, 2.75) is 37.8 Å². The second-order valence-electron chi connectivity index (χ2n) is 4.98. The van der Waals surface area contributed by atoms with Gasteiger partial charge in [0.05, 0.1) is 0 Å². The van der Waals surface area contributed by atoms with Gasteiger partial charge in [0.15, 0.2) is 0 Å². The summed E-state index contributed by atoms with van der Waals surface area (Å²) in [6, 6.07) is 6.77. The molecule has 0 aliphatic heterocycles. The quantitative estimate of drug-likeness (QED) is 0.559. The highest BCUT2D eigenvalue weighted by atomic mass is 16.4. The third-order valence-electron chi connectivity index (χ3n) is 3.24. The van der Waals surface area contributed by atoms with Gasteiger partial charge in [-0.1, -0.05) is 6.07 Å². The lowest BCUT2D eigenvalue weighted by molar-refractivity contribution is 0.426. The number of hydrogen-bond donors (Lipinski definition) is 4. The normalized spacial score (nSPS) is 18.9. The lowest BCUT2D eigenvalue weighted by atomic mass is 9.77. The monoisotopic (exact) mass is 232 g/mol. The van der Waals surface area contributed by atoms with Crippen LogP contribution in [0.5, 0.6) is 0 Å². The van der Waals surface area contributed by atoms with Crippen LogP contribution in [0.3, 0.4) is 0 Å². The predicted octanol–water partition coefficient (Wildman–Crippen LogP) is 0.515. The molecule has 0 saturated heterocycles. The van der Waals surface area contributed by atoms with E-state index < -0.39 is 7.12 Å². The van der Waals surface area contributed by atoms with Crippen molar-refractivity contribution in [3.05, 3.63) is 18.2 Å². The van der Waals surface area contributed by atoms with Crippen LogP contribution in [-0.4, -0.2) is 29.3 Å². The van der Waals surface area contributed by atoms with Crippen LogP contribution in [0.15, 0.2) is 18.2 Å². The molecular weight excluding hydrogens is 215 g/mol. The van der Waals surface area contributed by atoms with E-state index in [1.165, 1.54) is 25.7 Å². The Bertz CT molecular complexity index is 385. The average molecular weight is 232 g/mol. The van der Waals surface area contributed by atoms with Crippen molar-refractivity contribution < 1.29 is 10.0 Å². The van der Waals surface area contributed by atoms with Gasteiger partial charge < -0.3 is 20.7 Å². The zero-order valence-electron chi connectivity index (χ0n) is 9.69. The first-order valence-corrected chi connectivity index (χ1v) is 6.26. The third-order valence-corrected chi connectivity index (χ3v) is 3.24. The van der Waals surface area contributed by atoms with Crippen LogP contribution in [0.2, 0.25) is 0 Å². The molecular formula is C12H17BN2O2. The Morgan fingerprint density at radius 2 is 1.41 bits per heavy atom. The Balaban J connectivity index is 1.88. The first kappa shape index (κ1) is 10.9. The maximum absolute atomic E-state index is 9.53. The van der Waals surface area contributed by atoms with Crippen molar-refractivity contribution in [1.82, 2.24) is 0 Å². The molecule has 2 saturated carbocycles. The van der Waals surface area contributed by atoms with Gasteiger partial charge in [-0.05, 0) is 37.8 Å². The van der Waals surface area contributed by atoms with Gasteiger partial charge in [0.2, 0.25) is 0 Å². The summed E-state index contributed by atoms with van der Waals surface area (Å²) in [6.45, 7) is 0. The smallest absolute Gasteiger partial charge is 0.423 e. The largest absolute Gasteiger partial charge is 0.492 e. The zero-order valence-corrected chi connectivity index (χ0v) is 9.69. The highest BCUT2D eigenvalue weighted by Gasteiger charge is 2.28. The van der Waals surface area contributed by atoms with Crippen LogP contribution in [0, 0.1) is 0 Å². The molecule has 4 nitrogen and oxygen atoms in total. The van der Waals surface area contributed by atoms with E-state index in [1.807, 2.05) is 18.2 Å². The van der Waals surface area contributed by atoms with Crippen molar-refractivity contribution in [1.29, 1.82) is 0 Å². The lowest BCUT2D eigenvalue weighted by Gasteiger charge is -2.16. The maximum atomic E-state index is 9.53. The Morgan fingerprint density at radius 3 is 1.76 bits per heavy atom. The van der Waals surface area contributed by atoms with Gasteiger partial charge >= 0.3 is 7.12 Å². The van der Waals surface area contributed by atoms with E-state index >= 15 is 0 Å². The SMILES string of the molecule is OB(O)c1c(NC2CC2)cccc1NC1CC1. The van der Waals surface area contributed by atoms with Crippen molar-refractivity contribution in [2.24, 2.45) is 0 Å². The summed E-state index contributed by atoms with van der Waals surface area (Å²) in [6.07, 6.45) is 4.67. The molecule has 2 aliphatic rings. The molecule has 0 aromatic heterocycles. The molecule has 0 radical (unpaired) electrons. The summed E-state index contributed by atoms with van der Waals surface area (Å²) in [7, 11) is -1.43. The van der Waals surface area contributed by atoms with Crippen molar-refractivity contribution >= 4 is 24.0 Å². The fraction of sp³-hybridized carbons (Fsp3) is 0.500. The second kappa shape index (κ2) is 4.24. The molecule has 0 spiro atoms. The predicted molar refractivity (Wildman–Crippen MR) is 69.6 cm³/mol. The number of rotatable bonds is 5. The minimum Gasteiger partial charge on any atom is -0.423 e. The third kappa shape index (κ3) is 2.56. The van der Waals surface area contributed by atoms with E-state index in [1.54, 1.807) is 0 Å². The van der Waals surface area contributed by atoms with Gasteiger partial charge in [0, 0.05) is 28.9 Å². The summed E-state index contributed by atoms with van der Waals surface area (Å²) in [5, 5.41) is 25.7. The summed E-state index contributed by atoms with van der Waals surface area (Å²) in [5.74, 6) is 0. The van der Waals surface area contributed by atoms with Gasteiger partial charge in [0.1, 0.15) is 0 Å². The number of benzene rings is 1. The fourth-order valence-corrected chi connectivity index (χ4v) is 1.99. The molecule has 2 aliphatic carbocycles. The minimum atomic E-state index is -1.43. The van der Waals surface area contributed by atoms with Crippen molar-refractivity contribution in [2.75, 3.05) is 10.6 Å². The molecule has 5 heteroatoms. The van der Waals surface area contributed by atoms with Crippen molar-refractivity contribution in [3.8, 4) is 0 Å². The van der Waals surface area contributed by atoms with Crippen LogP contribution in [0.1, 0.15) is 25.7 Å². The molecule has 2 fully saturated rings. The van der Waals surface area contributed by atoms with E-state index in [0.29, 0.717) is 17.5 Å². The molecule has 1 aromatic carbocycles. The van der Waals surface area contributed by atoms with Gasteiger partial charge in [0.25, 0.3) is 0 Å². The Kier molecular flexibility index (Phi) is 2.72. The number of hydrogen-bond acceptors (Lipinski definition) is 4. The molecule has 4 N–H and O–H groups in total. The van der Waals surface area contributed by atoms with Crippen LogP contribution >= 0.6 is 0 Å². The van der Waals surface area contributed by atoms with Crippen LogP contribution in [0.25, 0.3) is 0 Å². The first-order chi connectivity index (χ1) is 8.24. The van der Waals surface area contributed by atoms with E-state index in [0.717, 1.165) is 11.4 Å². The highest BCUT2D eigenvalue weighted by Crippen LogP contribution is 2.27. The summed E-state index contributed by atoms with van der Waals surface area (Å²) in [5.41, 5.74) is 2.26. The molecule has 3 rings (SSSR count). The van der Waals surface area contributed by atoms with Gasteiger partial charge in [-0.3, -0.25) is 0 Å². The standard InChI is InChI=1S/C12H17BN2O2/c16-13(17)12-10(14-8-4-5-8)2-1-3-11(12)15-9-6-7-9/h1-3,8-9,14-17H,4-7H2. The fourth-order valence-electron chi connectivity index (χ4n) is 1.99. The van der Waals surface area contributed by atoms with E-state index in [2.05, 4.69) is 10.6 Å². The maximum Gasteiger partial charge on any atom is 0.492 e. The molecule has 0 bridgehead atoms. The average Bonchev–Trinajstić information content (AvgIpc) is 3.12. The summed E-state index contributed by atoms with van der Waals surface area (Å²) < 4.78 is 0. The van der Waals surface area contributed by atoms with E-state index in [-0.39, 0.29) is 0 Å². The second-order valence-corrected chi connectivity index (χ2v) is 4.98. The molecule has 0 amide bonds. The lowest BCUT2D eigenvalue weighted by Crippen LogP contribution is -2.35.